The van der Waals surface area contributed by atoms with E-state index in [1.54, 1.807) is 25.1 Å². The normalized spacial score (nSPS) is 19.0. The number of hydrogen-bond acceptors (Lipinski definition) is 5. The van der Waals surface area contributed by atoms with Crippen LogP contribution in [0, 0.1) is 12.3 Å². The van der Waals surface area contributed by atoms with Gasteiger partial charge in [-0.15, -0.1) is 13.2 Å². The molecule has 1 aliphatic heterocycles. The van der Waals surface area contributed by atoms with Gasteiger partial charge in [-0.05, 0) is 42.4 Å². The van der Waals surface area contributed by atoms with Crippen LogP contribution in [0.1, 0.15) is 23.9 Å². The largest absolute Gasteiger partial charge is 0.573 e. The summed E-state index contributed by atoms with van der Waals surface area (Å²) < 4.78 is 47.1. The Kier molecular flexibility index (Phi) is 4.40. The van der Waals surface area contributed by atoms with Gasteiger partial charge < -0.3 is 19.2 Å². The van der Waals surface area contributed by atoms with Gasteiger partial charge in [-0.2, -0.15) is 0 Å². The smallest absolute Gasteiger partial charge is 0.441 e. The number of alkyl halides is 3. The molecule has 29 heavy (non-hydrogen) atoms. The van der Waals surface area contributed by atoms with E-state index in [1.165, 1.54) is 24.3 Å². The molecule has 0 saturated carbocycles. The molecular weight excluding hydrogens is 385 g/mol. The fourth-order valence-electron chi connectivity index (χ4n) is 4.40. The third-order valence-corrected chi connectivity index (χ3v) is 5.53. The van der Waals surface area contributed by atoms with E-state index >= 15 is 0 Å². The number of benzene rings is 2. The molecule has 1 unspecified atom stereocenters. The Bertz CT molecular complexity index is 1040. The van der Waals surface area contributed by atoms with Gasteiger partial charge in [-0.3, -0.25) is 0 Å². The topological polar surface area (TPSA) is 58.7 Å². The molecule has 0 radical (unpaired) electrons. The summed E-state index contributed by atoms with van der Waals surface area (Å²) in [5, 5.41) is 12.0. The van der Waals surface area contributed by atoms with E-state index in [9.17, 15) is 18.3 Å². The van der Waals surface area contributed by atoms with Crippen molar-refractivity contribution in [3.63, 3.8) is 0 Å². The second kappa shape index (κ2) is 6.47. The maximum absolute atomic E-state index is 12.5. The fourth-order valence-corrected chi connectivity index (χ4v) is 4.40. The third kappa shape index (κ3) is 3.36. The maximum Gasteiger partial charge on any atom is 0.573 e. The SMILES string of the molecule is Cc1nc2ccc(C(O)(c3ccc(OC(F)(F)F)cc3)C3(C)CN(C)C3)cc2o1. The van der Waals surface area contributed by atoms with Crippen molar-refractivity contribution in [3.05, 3.63) is 59.5 Å². The van der Waals surface area contributed by atoms with Crippen molar-refractivity contribution in [1.29, 1.82) is 0 Å². The van der Waals surface area contributed by atoms with Crippen molar-refractivity contribution >= 4 is 11.1 Å². The number of hydrogen-bond donors (Lipinski definition) is 1. The fraction of sp³-hybridized carbons (Fsp3) is 0.381. The number of aromatic nitrogens is 1. The Morgan fingerprint density at radius 3 is 2.31 bits per heavy atom. The molecular formula is C21H21F3N2O3. The van der Waals surface area contributed by atoms with Gasteiger partial charge in [0.15, 0.2) is 11.5 Å². The van der Waals surface area contributed by atoms with E-state index in [2.05, 4.69) is 14.6 Å². The lowest BCUT2D eigenvalue weighted by Gasteiger charge is -2.56. The first kappa shape index (κ1) is 19.7. The lowest BCUT2D eigenvalue weighted by Crippen LogP contribution is -2.63. The van der Waals surface area contributed by atoms with Crippen LogP contribution in [0.4, 0.5) is 13.2 Å². The van der Waals surface area contributed by atoms with E-state index in [0.717, 1.165) is 0 Å². The van der Waals surface area contributed by atoms with E-state index in [4.69, 9.17) is 4.42 Å². The van der Waals surface area contributed by atoms with Crippen molar-refractivity contribution in [2.45, 2.75) is 25.8 Å². The molecule has 0 bridgehead atoms. The summed E-state index contributed by atoms with van der Waals surface area (Å²) in [6.07, 6.45) is -4.77. The number of halogens is 3. The number of ether oxygens (including phenoxy) is 1. The van der Waals surface area contributed by atoms with Gasteiger partial charge in [0, 0.05) is 25.4 Å². The maximum atomic E-state index is 12.5. The van der Waals surface area contributed by atoms with E-state index in [-0.39, 0.29) is 5.75 Å². The molecule has 1 atom stereocenters. The van der Waals surface area contributed by atoms with Crippen molar-refractivity contribution < 1.29 is 27.4 Å². The first-order valence-corrected chi connectivity index (χ1v) is 9.15. The van der Waals surface area contributed by atoms with Crippen molar-refractivity contribution in [2.75, 3.05) is 20.1 Å². The minimum atomic E-state index is -4.77. The molecule has 0 aliphatic carbocycles. The predicted octanol–water partition coefficient (Wildman–Crippen LogP) is 4.22. The van der Waals surface area contributed by atoms with Gasteiger partial charge in [0.1, 0.15) is 16.9 Å². The van der Waals surface area contributed by atoms with Crippen LogP contribution in [0.15, 0.2) is 46.9 Å². The summed E-state index contributed by atoms with van der Waals surface area (Å²) in [7, 11) is 1.95. The van der Waals surface area contributed by atoms with Gasteiger partial charge in [0.25, 0.3) is 0 Å². The Morgan fingerprint density at radius 1 is 1.10 bits per heavy atom. The van der Waals surface area contributed by atoms with Gasteiger partial charge >= 0.3 is 6.36 Å². The van der Waals surface area contributed by atoms with Crippen molar-refractivity contribution in [2.24, 2.45) is 5.41 Å². The summed E-state index contributed by atoms with van der Waals surface area (Å²) in [6.45, 7) is 4.95. The molecule has 0 spiro atoms. The quantitative estimate of drug-likeness (QED) is 0.703. The second-order valence-corrected chi connectivity index (χ2v) is 7.93. The Hall–Kier alpha value is -2.58. The molecule has 0 amide bonds. The molecule has 2 aromatic carbocycles. The van der Waals surface area contributed by atoms with Crippen LogP contribution in [0.25, 0.3) is 11.1 Å². The molecule has 1 aliphatic rings. The number of aliphatic hydroxyl groups is 1. The monoisotopic (exact) mass is 406 g/mol. The van der Waals surface area contributed by atoms with Gasteiger partial charge in [-0.1, -0.05) is 25.1 Å². The molecule has 154 valence electrons. The highest BCUT2D eigenvalue weighted by Gasteiger charge is 2.55. The Balaban J connectivity index is 1.80. The molecule has 1 N–H and O–H groups in total. The average Bonchev–Trinajstić information content (AvgIpc) is 2.98. The highest BCUT2D eigenvalue weighted by atomic mass is 19.4. The molecule has 1 fully saturated rings. The number of likely N-dealkylation sites (tertiary alicyclic amines) is 1. The number of oxazole rings is 1. The van der Waals surface area contributed by atoms with Crippen LogP contribution in [-0.4, -0.2) is 41.5 Å². The highest BCUT2D eigenvalue weighted by Crippen LogP contribution is 2.50. The van der Waals surface area contributed by atoms with Gasteiger partial charge in [0.2, 0.25) is 0 Å². The summed E-state index contributed by atoms with van der Waals surface area (Å²) in [5.41, 5.74) is 0.326. The number of aryl methyl sites for hydroxylation is 1. The summed E-state index contributed by atoms with van der Waals surface area (Å²) in [5.74, 6) is 0.185. The molecule has 3 aromatic rings. The second-order valence-electron chi connectivity index (χ2n) is 7.93. The first-order chi connectivity index (χ1) is 13.5. The zero-order chi connectivity index (χ0) is 21.0. The lowest BCUT2D eigenvalue weighted by molar-refractivity contribution is -0.274. The summed E-state index contributed by atoms with van der Waals surface area (Å²) in [6, 6.07) is 10.7. The van der Waals surface area contributed by atoms with Crippen LogP contribution in [0.2, 0.25) is 0 Å². The minimum Gasteiger partial charge on any atom is -0.441 e. The first-order valence-electron chi connectivity index (χ1n) is 9.15. The summed E-state index contributed by atoms with van der Waals surface area (Å²) >= 11 is 0. The Labute approximate surface area is 165 Å². The Morgan fingerprint density at radius 2 is 1.72 bits per heavy atom. The van der Waals surface area contributed by atoms with E-state index in [1.807, 2.05) is 14.0 Å². The molecule has 4 rings (SSSR count). The van der Waals surface area contributed by atoms with Crippen LogP contribution < -0.4 is 4.74 Å². The van der Waals surface area contributed by atoms with E-state index < -0.39 is 17.4 Å². The zero-order valence-electron chi connectivity index (χ0n) is 16.2. The zero-order valence-corrected chi connectivity index (χ0v) is 16.2. The van der Waals surface area contributed by atoms with Crippen molar-refractivity contribution in [3.8, 4) is 5.75 Å². The summed E-state index contributed by atoms with van der Waals surface area (Å²) in [4.78, 5) is 6.36. The van der Waals surface area contributed by atoms with Crippen LogP contribution in [-0.2, 0) is 5.60 Å². The molecule has 5 nitrogen and oxygen atoms in total. The number of nitrogens with zero attached hydrogens (tertiary/aromatic N) is 2. The minimum absolute atomic E-state index is 0.333. The number of rotatable bonds is 4. The van der Waals surface area contributed by atoms with Crippen LogP contribution in [0.5, 0.6) is 5.75 Å². The van der Waals surface area contributed by atoms with E-state index in [0.29, 0.717) is 41.2 Å². The van der Waals surface area contributed by atoms with Gasteiger partial charge in [-0.25, -0.2) is 4.98 Å². The predicted molar refractivity (Wildman–Crippen MR) is 100 cm³/mol. The van der Waals surface area contributed by atoms with Crippen LogP contribution in [0.3, 0.4) is 0 Å². The molecule has 8 heteroatoms. The standard InChI is InChI=1S/C21H21F3N2O3/c1-13-25-17-9-6-15(10-18(17)28-13)20(27,19(2)11-26(3)12-19)14-4-7-16(8-5-14)29-21(22,23)24/h4-10,27H,11-12H2,1-3H3. The average molecular weight is 406 g/mol. The molecule has 2 heterocycles. The number of fused-ring (bicyclic) bond motifs is 1. The molecule has 1 aromatic heterocycles. The highest BCUT2D eigenvalue weighted by molar-refractivity contribution is 5.74. The third-order valence-electron chi connectivity index (χ3n) is 5.53. The molecule has 1 saturated heterocycles. The van der Waals surface area contributed by atoms with Crippen LogP contribution >= 0.6 is 0 Å². The lowest BCUT2D eigenvalue weighted by atomic mass is 9.62. The van der Waals surface area contributed by atoms with Gasteiger partial charge in [0.05, 0.1) is 0 Å². The van der Waals surface area contributed by atoms with Crippen molar-refractivity contribution in [1.82, 2.24) is 9.88 Å².